The molecule has 0 aliphatic heterocycles. The van der Waals surface area contributed by atoms with Crippen molar-refractivity contribution in [1.29, 1.82) is 0 Å². The fourth-order valence-corrected chi connectivity index (χ4v) is 4.18. The Hall–Kier alpha value is -0.540. The fourth-order valence-electron chi connectivity index (χ4n) is 2.69. The van der Waals surface area contributed by atoms with Crippen molar-refractivity contribution in [3.8, 4) is 0 Å². The number of halogens is 1. The molecule has 1 unspecified atom stereocenters. The first-order valence-electron chi connectivity index (χ1n) is 7.40. The average molecular weight is 281 g/mol. The first-order valence-corrected chi connectivity index (χ1v) is 8.28. The molecule has 1 N–H and O–H groups in total. The zero-order valence-electron chi connectivity index (χ0n) is 11.9. The molecule has 0 amide bonds. The normalized spacial score (nSPS) is 17.8. The molecule has 0 bridgehead atoms. The largest absolute Gasteiger partial charge is 0.310 e. The van der Waals surface area contributed by atoms with Crippen LogP contribution in [0, 0.1) is 5.82 Å². The highest BCUT2D eigenvalue weighted by Crippen LogP contribution is 2.38. The van der Waals surface area contributed by atoms with Gasteiger partial charge in [0.15, 0.2) is 0 Å². The van der Waals surface area contributed by atoms with Crippen molar-refractivity contribution in [3.63, 3.8) is 0 Å². The first kappa shape index (κ1) is 14.9. The highest BCUT2D eigenvalue weighted by atomic mass is 32.2. The molecule has 1 saturated carbocycles. The van der Waals surface area contributed by atoms with Gasteiger partial charge in [-0.05, 0) is 44.9 Å². The predicted molar refractivity (Wildman–Crippen MR) is 81.2 cm³/mol. The molecule has 106 valence electrons. The lowest BCUT2D eigenvalue weighted by Crippen LogP contribution is -2.21. The molecule has 1 aliphatic rings. The first-order chi connectivity index (χ1) is 9.22. The second-order valence-electron chi connectivity index (χ2n) is 5.35. The second-order valence-corrected chi connectivity index (χ2v) is 6.69. The van der Waals surface area contributed by atoms with E-state index in [0.717, 1.165) is 23.4 Å². The molecule has 1 aromatic carbocycles. The Morgan fingerprint density at radius 3 is 2.79 bits per heavy atom. The zero-order valence-corrected chi connectivity index (χ0v) is 12.7. The van der Waals surface area contributed by atoms with Gasteiger partial charge in [-0.2, -0.15) is 0 Å². The van der Waals surface area contributed by atoms with Crippen LogP contribution in [-0.4, -0.2) is 11.8 Å². The van der Waals surface area contributed by atoms with Crippen LogP contribution in [0.5, 0.6) is 0 Å². The van der Waals surface area contributed by atoms with Crippen LogP contribution in [-0.2, 0) is 0 Å². The molecule has 19 heavy (non-hydrogen) atoms. The molecule has 0 aromatic heterocycles. The van der Waals surface area contributed by atoms with Crippen LogP contribution in [0.3, 0.4) is 0 Å². The number of rotatable bonds is 6. The number of nitrogens with one attached hydrogen (secondary N) is 1. The maximum absolute atomic E-state index is 14.1. The summed E-state index contributed by atoms with van der Waals surface area (Å²) in [6, 6.07) is 5.58. The van der Waals surface area contributed by atoms with E-state index in [-0.39, 0.29) is 11.9 Å². The van der Waals surface area contributed by atoms with Gasteiger partial charge in [0.05, 0.1) is 0 Å². The molecular formula is C16H24FNS. The Morgan fingerprint density at radius 1 is 1.37 bits per heavy atom. The van der Waals surface area contributed by atoms with Crippen LogP contribution >= 0.6 is 11.8 Å². The summed E-state index contributed by atoms with van der Waals surface area (Å²) >= 11 is 1.87. The van der Waals surface area contributed by atoms with E-state index in [1.54, 1.807) is 6.07 Å². The maximum Gasteiger partial charge on any atom is 0.129 e. The average Bonchev–Trinajstić information content (AvgIpc) is 2.89. The van der Waals surface area contributed by atoms with Crippen LogP contribution in [0.1, 0.15) is 57.6 Å². The monoisotopic (exact) mass is 281 g/mol. The topological polar surface area (TPSA) is 12.0 Å². The van der Waals surface area contributed by atoms with Gasteiger partial charge >= 0.3 is 0 Å². The summed E-state index contributed by atoms with van der Waals surface area (Å²) in [5.74, 6) is -0.0703. The molecule has 1 fully saturated rings. The molecule has 2 rings (SSSR count). The highest BCUT2D eigenvalue weighted by Gasteiger charge is 2.21. The quantitative estimate of drug-likeness (QED) is 0.794. The van der Waals surface area contributed by atoms with E-state index >= 15 is 0 Å². The van der Waals surface area contributed by atoms with E-state index in [4.69, 9.17) is 0 Å². The maximum atomic E-state index is 14.1. The summed E-state index contributed by atoms with van der Waals surface area (Å²) < 4.78 is 14.1. The summed E-state index contributed by atoms with van der Waals surface area (Å²) in [6.45, 7) is 5.13. The Labute approximate surface area is 120 Å². The molecule has 0 heterocycles. The van der Waals surface area contributed by atoms with Crippen molar-refractivity contribution >= 4 is 11.8 Å². The second kappa shape index (κ2) is 7.30. The zero-order chi connectivity index (χ0) is 13.7. The molecule has 1 nitrogen and oxygen atoms in total. The van der Waals surface area contributed by atoms with Crippen LogP contribution < -0.4 is 5.32 Å². The third kappa shape index (κ3) is 3.96. The number of hydrogen-bond acceptors (Lipinski definition) is 2. The van der Waals surface area contributed by atoms with E-state index in [2.05, 4.69) is 25.2 Å². The minimum atomic E-state index is -0.0703. The minimum absolute atomic E-state index is 0.0703. The van der Waals surface area contributed by atoms with Gasteiger partial charge in [0.1, 0.15) is 5.82 Å². The molecule has 0 radical (unpaired) electrons. The third-order valence-electron chi connectivity index (χ3n) is 3.74. The lowest BCUT2D eigenvalue weighted by Gasteiger charge is -2.20. The van der Waals surface area contributed by atoms with Crippen molar-refractivity contribution in [2.75, 3.05) is 6.54 Å². The Kier molecular flexibility index (Phi) is 5.71. The van der Waals surface area contributed by atoms with Crippen LogP contribution in [0.4, 0.5) is 4.39 Å². The van der Waals surface area contributed by atoms with E-state index in [1.807, 2.05) is 17.8 Å². The number of hydrogen-bond donors (Lipinski definition) is 1. The van der Waals surface area contributed by atoms with Gasteiger partial charge < -0.3 is 5.32 Å². The fraction of sp³-hybridized carbons (Fsp3) is 0.625. The molecule has 1 atom stereocenters. The van der Waals surface area contributed by atoms with Gasteiger partial charge in [-0.25, -0.2) is 4.39 Å². The van der Waals surface area contributed by atoms with Crippen molar-refractivity contribution in [3.05, 3.63) is 29.6 Å². The summed E-state index contributed by atoms with van der Waals surface area (Å²) in [5, 5.41) is 4.08. The molecule has 1 aliphatic carbocycles. The Balaban J connectivity index is 2.14. The van der Waals surface area contributed by atoms with Crippen molar-refractivity contribution in [2.24, 2.45) is 0 Å². The van der Waals surface area contributed by atoms with Gasteiger partial charge in [-0.3, -0.25) is 0 Å². The molecular weight excluding hydrogens is 257 g/mol. The van der Waals surface area contributed by atoms with Crippen molar-refractivity contribution < 1.29 is 4.39 Å². The third-order valence-corrected chi connectivity index (χ3v) is 5.16. The van der Waals surface area contributed by atoms with Gasteiger partial charge in [0.25, 0.3) is 0 Å². The van der Waals surface area contributed by atoms with Gasteiger partial charge in [-0.15, -0.1) is 11.8 Å². The van der Waals surface area contributed by atoms with Crippen LogP contribution in [0.25, 0.3) is 0 Å². The van der Waals surface area contributed by atoms with Gasteiger partial charge in [0.2, 0.25) is 0 Å². The molecule has 1 aromatic rings. The highest BCUT2D eigenvalue weighted by molar-refractivity contribution is 8.00. The molecule has 0 saturated heterocycles. The smallest absolute Gasteiger partial charge is 0.129 e. The van der Waals surface area contributed by atoms with E-state index in [1.165, 1.54) is 25.7 Å². The lowest BCUT2D eigenvalue weighted by atomic mass is 10.1. The van der Waals surface area contributed by atoms with Crippen molar-refractivity contribution in [2.45, 2.75) is 62.1 Å². The summed E-state index contributed by atoms with van der Waals surface area (Å²) in [6.07, 6.45) is 6.27. The molecule has 3 heteroatoms. The summed E-state index contributed by atoms with van der Waals surface area (Å²) in [5.41, 5.74) is 0.854. The number of benzene rings is 1. The van der Waals surface area contributed by atoms with E-state index in [9.17, 15) is 4.39 Å². The summed E-state index contributed by atoms with van der Waals surface area (Å²) in [4.78, 5) is 1.13. The Morgan fingerprint density at radius 2 is 2.11 bits per heavy atom. The van der Waals surface area contributed by atoms with Crippen molar-refractivity contribution in [1.82, 2.24) is 5.32 Å². The lowest BCUT2D eigenvalue weighted by molar-refractivity contribution is 0.518. The van der Waals surface area contributed by atoms with Crippen LogP contribution in [0.2, 0.25) is 0 Å². The predicted octanol–water partition coefficient (Wildman–Crippen LogP) is 4.92. The van der Waals surface area contributed by atoms with Gasteiger partial charge in [-0.1, -0.05) is 25.8 Å². The van der Waals surface area contributed by atoms with E-state index < -0.39 is 0 Å². The number of thioether (sulfide) groups is 1. The van der Waals surface area contributed by atoms with Crippen LogP contribution in [0.15, 0.2) is 23.1 Å². The van der Waals surface area contributed by atoms with E-state index in [0.29, 0.717) is 5.25 Å². The Bertz CT molecular complexity index is 402. The molecule has 0 spiro atoms. The standard InChI is InChI=1S/C16H24FNS/c1-3-11-18-12(2)16-14(17)9-6-10-15(16)19-13-7-4-5-8-13/h6,9-10,12-13,18H,3-5,7-8,11H2,1-2H3. The minimum Gasteiger partial charge on any atom is -0.310 e. The SMILES string of the molecule is CCCNC(C)c1c(F)cccc1SC1CCCC1. The van der Waals surface area contributed by atoms with Gasteiger partial charge in [0, 0.05) is 21.8 Å². The summed E-state index contributed by atoms with van der Waals surface area (Å²) in [7, 11) is 0.